The van der Waals surface area contributed by atoms with Gasteiger partial charge in [0.1, 0.15) is 11.6 Å². The highest BCUT2D eigenvalue weighted by Crippen LogP contribution is 2.29. The average molecular weight is 262 g/mol. The van der Waals surface area contributed by atoms with Gasteiger partial charge in [-0.25, -0.2) is 4.39 Å². The van der Waals surface area contributed by atoms with Crippen LogP contribution in [0.5, 0.6) is 5.75 Å². The lowest BCUT2D eigenvalue weighted by atomic mass is 10.1. The van der Waals surface area contributed by atoms with Crippen LogP contribution < -0.4 is 10.5 Å². The first-order valence-corrected chi connectivity index (χ1v) is 4.65. The summed E-state index contributed by atoms with van der Waals surface area (Å²) in [5, 5.41) is 0. The first kappa shape index (κ1) is 11.1. The van der Waals surface area contributed by atoms with Crippen molar-refractivity contribution in [2.45, 2.75) is 0 Å². The Balaban J connectivity index is 3.29. The number of ketones is 1. The minimum Gasteiger partial charge on any atom is -0.495 e. The number of carbonyl (C=O) groups excluding carboxylic acids is 1. The Morgan fingerprint density at radius 2 is 2.29 bits per heavy atom. The van der Waals surface area contributed by atoms with Crippen LogP contribution in [-0.2, 0) is 0 Å². The van der Waals surface area contributed by atoms with Crippen LogP contribution in [-0.4, -0.2) is 19.4 Å². The minimum atomic E-state index is -0.526. The van der Waals surface area contributed by atoms with Crippen molar-refractivity contribution in [3.8, 4) is 5.75 Å². The molecule has 14 heavy (non-hydrogen) atoms. The van der Waals surface area contributed by atoms with Gasteiger partial charge >= 0.3 is 0 Å². The Kier molecular flexibility index (Phi) is 3.60. The molecule has 5 heteroatoms. The molecule has 0 aromatic heterocycles. The van der Waals surface area contributed by atoms with E-state index in [0.29, 0.717) is 4.47 Å². The molecule has 0 amide bonds. The molecule has 0 aliphatic carbocycles. The van der Waals surface area contributed by atoms with Gasteiger partial charge in [0, 0.05) is 11.6 Å². The van der Waals surface area contributed by atoms with Crippen LogP contribution in [0.1, 0.15) is 10.4 Å². The fraction of sp³-hybridized carbons (Fsp3) is 0.222. The smallest absolute Gasteiger partial charge is 0.177 e. The third-order valence-corrected chi connectivity index (χ3v) is 2.53. The molecule has 0 radical (unpaired) electrons. The van der Waals surface area contributed by atoms with Crippen LogP contribution in [0.15, 0.2) is 16.6 Å². The zero-order chi connectivity index (χ0) is 10.7. The standard InChI is InChI=1S/C9H9BrFNO2/c1-14-8-3-5(11)2-6(9(8)10)7(13)4-12/h2-3H,4,12H2,1H3. The van der Waals surface area contributed by atoms with Crippen molar-refractivity contribution in [3.63, 3.8) is 0 Å². The van der Waals surface area contributed by atoms with Crippen LogP contribution >= 0.6 is 15.9 Å². The summed E-state index contributed by atoms with van der Waals surface area (Å²) in [6.07, 6.45) is 0. The molecule has 0 spiro atoms. The van der Waals surface area contributed by atoms with Crippen LogP contribution in [0.2, 0.25) is 0 Å². The summed E-state index contributed by atoms with van der Waals surface area (Å²) in [5.41, 5.74) is 5.38. The van der Waals surface area contributed by atoms with E-state index in [2.05, 4.69) is 15.9 Å². The summed E-state index contributed by atoms with van der Waals surface area (Å²) in [5.74, 6) is -0.585. The Hall–Kier alpha value is -0.940. The van der Waals surface area contributed by atoms with E-state index in [1.54, 1.807) is 0 Å². The van der Waals surface area contributed by atoms with E-state index < -0.39 is 5.82 Å². The van der Waals surface area contributed by atoms with E-state index in [4.69, 9.17) is 10.5 Å². The maximum Gasteiger partial charge on any atom is 0.177 e. The number of hydrogen-bond donors (Lipinski definition) is 1. The fourth-order valence-electron chi connectivity index (χ4n) is 1.03. The summed E-state index contributed by atoms with van der Waals surface area (Å²) < 4.78 is 18.3. The third kappa shape index (κ3) is 2.10. The molecular weight excluding hydrogens is 253 g/mol. The number of carbonyl (C=O) groups is 1. The summed E-state index contributed by atoms with van der Waals surface area (Å²) in [6.45, 7) is -0.162. The molecule has 0 aliphatic rings. The Morgan fingerprint density at radius 1 is 1.64 bits per heavy atom. The van der Waals surface area contributed by atoms with Crippen molar-refractivity contribution >= 4 is 21.7 Å². The van der Waals surface area contributed by atoms with Gasteiger partial charge < -0.3 is 10.5 Å². The van der Waals surface area contributed by atoms with E-state index >= 15 is 0 Å². The Bertz CT molecular complexity index is 368. The van der Waals surface area contributed by atoms with Crippen molar-refractivity contribution in [2.75, 3.05) is 13.7 Å². The fourth-order valence-corrected chi connectivity index (χ4v) is 1.64. The zero-order valence-electron chi connectivity index (χ0n) is 7.51. The predicted octanol–water partition coefficient (Wildman–Crippen LogP) is 1.74. The van der Waals surface area contributed by atoms with Gasteiger partial charge in [0.05, 0.1) is 18.1 Å². The van der Waals surface area contributed by atoms with Crippen molar-refractivity contribution in [1.82, 2.24) is 0 Å². The lowest BCUT2D eigenvalue weighted by molar-refractivity contribution is 0.1000. The second kappa shape index (κ2) is 4.52. The number of ether oxygens (including phenoxy) is 1. The van der Waals surface area contributed by atoms with Crippen LogP contribution in [0.4, 0.5) is 4.39 Å². The molecular formula is C9H9BrFNO2. The molecule has 0 bridgehead atoms. The molecule has 0 saturated heterocycles. The molecule has 0 unspecified atom stereocenters. The lowest BCUT2D eigenvalue weighted by Crippen LogP contribution is -2.14. The predicted molar refractivity (Wildman–Crippen MR) is 54.0 cm³/mol. The third-order valence-electron chi connectivity index (χ3n) is 1.71. The molecule has 1 rings (SSSR count). The number of hydrogen-bond acceptors (Lipinski definition) is 3. The van der Waals surface area contributed by atoms with Crippen molar-refractivity contribution in [2.24, 2.45) is 5.73 Å². The van der Waals surface area contributed by atoms with E-state index in [1.807, 2.05) is 0 Å². The normalized spacial score (nSPS) is 10.0. The zero-order valence-corrected chi connectivity index (χ0v) is 9.10. The van der Waals surface area contributed by atoms with Crippen molar-refractivity contribution < 1.29 is 13.9 Å². The Labute approximate surface area is 89.2 Å². The van der Waals surface area contributed by atoms with Gasteiger partial charge in [-0.2, -0.15) is 0 Å². The molecule has 0 aliphatic heterocycles. The number of benzene rings is 1. The molecule has 1 aromatic rings. The maximum absolute atomic E-state index is 13.0. The summed E-state index contributed by atoms with van der Waals surface area (Å²) in [4.78, 5) is 11.3. The van der Waals surface area contributed by atoms with Crippen molar-refractivity contribution in [1.29, 1.82) is 0 Å². The molecule has 1 aromatic carbocycles. The highest BCUT2D eigenvalue weighted by atomic mass is 79.9. The van der Waals surface area contributed by atoms with Crippen LogP contribution in [0, 0.1) is 5.82 Å². The average Bonchev–Trinajstić information content (AvgIpc) is 2.19. The number of Topliss-reactive ketones (excluding diaryl/α,β-unsaturated/α-hetero) is 1. The van der Waals surface area contributed by atoms with Gasteiger partial charge in [-0.15, -0.1) is 0 Å². The van der Waals surface area contributed by atoms with Gasteiger partial charge in [0.2, 0.25) is 0 Å². The quantitative estimate of drug-likeness (QED) is 0.844. The first-order valence-electron chi connectivity index (χ1n) is 3.86. The van der Waals surface area contributed by atoms with Crippen LogP contribution in [0.25, 0.3) is 0 Å². The van der Waals surface area contributed by atoms with E-state index in [9.17, 15) is 9.18 Å². The van der Waals surface area contributed by atoms with Gasteiger partial charge in [0.15, 0.2) is 5.78 Å². The second-order valence-electron chi connectivity index (χ2n) is 2.60. The number of halogens is 2. The number of methoxy groups -OCH3 is 1. The number of rotatable bonds is 3. The molecule has 0 saturated carbocycles. The van der Waals surface area contributed by atoms with Crippen molar-refractivity contribution in [3.05, 3.63) is 28.0 Å². The molecule has 0 heterocycles. The number of nitrogens with two attached hydrogens (primary N) is 1. The van der Waals surface area contributed by atoms with E-state index in [0.717, 1.165) is 6.07 Å². The molecule has 2 N–H and O–H groups in total. The lowest BCUT2D eigenvalue weighted by Gasteiger charge is -2.07. The minimum absolute atomic E-state index is 0.162. The maximum atomic E-state index is 13.0. The first-order chi connectivity index (χ1) is 6.60. The molecule has 3 nitrogen and oxygen atoms in total. The van der Waals surface area contributed by atoms with Gasteiger partial charge in [-0.3, -0.25) is 4.79 Å². The SMILES string of the molecule is COc1cc(F)cc(C(=O)CN)c1Br. The summed E-state index contributed by atoms with van der Waals surface area (Å²) in [6, 6.07) is 2.32. The second-order valence-corrected chi connectivity index (χ2v) is 3.39. The monoisotopic (exact) mass is 261 g/mol. The largest absolute Gasteiger partial charge is 0.495 e. The topological polar surface area (TPSA) is 52.3 Å². The van der Waals surface area contributed by atoms with E-state index in [-0.39, 0.29) is 23.6 Å². The highest BCUT2D eigenvalue weighted by Gasteiger charge is 2.14. The molecule has 0 atom stereocenters. The molecule has 0 fully saturated rings. The van der Waals surface area contributed by atoms with Crippen LogP contribution in [0.3, 0.4) is 0 Å². The Morgan fingerprint density at radius 3 is 2.79 bits per heavy atom. The van der Waals surface area contributed by atoms with Gasteiger partial charge in [-0.1, -0.05) is 0 Å². The van der Waals surface area contributed by atoms with Gasteiger partial charge in [0.25, 0.3) is 0 Å². The van der Waals surface area contributed by atoms with E-state index in [1.165, 1.54) is 13.2 Å². The van der Waals surface area contributed by atoms with Gasteiger partial charge in [-0.05, 0) is 22.0 Å². The molecule has 76 valence electrons. The highest BCUT2D eigenvalue weighted by molar-refractivity contribution is 9.10. The summed E-state index contributed by atoms with van der Waals surface area (Å²) >= 11 is 3.15. The summed E-state index contributed by atoms with van der Waals surface area (Å²) in [7, 11) is 1.40.